The summed E-state index contributed by atoms with van der Waals surface area (Å²) in [6.45, 7) is 6.60. The molecule has 0 aliphatic heterocycles. The van der Waals surface area contributed by atoms with Gasteiger partial charge in [0.1, 0.15) is 6.17 Å². The molecule has 5 heteroatoms. The highest BCUT2D eigenvalue weighted by Gasteiger charge is 2.50. The van der Waals surface area contributed by atoms with Gasteiger partial charge in [-0.25, -0.2) is 4.39 Å². The third kappa shape index (κ3) is 5.28. The van der Waals surface area contributed by atoms with Crippen LogP contribution in [0.3, 0.4) is 0 Å². The van der Waals surface area contributed by atoms with Crippen LogP contribution in [0.1, 0.15) is 32.3 Å². The minimum atomic E-state index is -0.864. The van der Waals surface area contributed by atoms with E-state index >= 15 is 0 Å². The number of halogens is 3. The molecular weight excluding hydrogens is 437 g/mol. The summed E-state index contributed by atoms with van der Waals surface area (Å²) in [5.74, 6) is 0.0863. The second kappa shape index (κ2) is 8.43. The number of carbonyl (C=O) groups excluding carboxylic acids is 1. The van der Waals surface area contributed by atoms with Crippen molar-refractivity contribution in [3.8, 4) is 0 Å². The van der Waals surface area contributed by atoms with Crippen molar-refractivity contribution in [2.45, 2.75) is 32.9 Å². The lowest BCUT2D eigenvalue weighted by Gasteiger charge is -2.04. The molecule has 1 aromatic rings. The summed E-state index contributed by atoms with van der Waals surface area (Å²) < 4.78 is 16.0. The molecule has 1 aliphatic carbocycles. The summed E-state index contributed by atoms with van der Waals surface area (Å²) in [6.07, 6.45) is 4.39. The summed E-state index contributed by atoms with van der Waals surface area (Å²) in [6, 6.07) is 5.83. The quantitative estimate of drug-likeness (QED) is 0.440. The number of carbonyl (C=O) groups is 1. The van der Waals surface area contributed by atoms with Crippen LogP contribution in [-0.4, -0.2) is 18.6 Å². The highest BCUT2D eigenvalue weighted by Crippen LogP contribution is 2.52. The van der Waals surface area contributed by atoms with Gasteiger partial charge in [-0.05, 0) is 68.0 Å². The molecule has 0 radical (unpaired) electrons. The fraction of sp³-hybridized carbons (Fsp3) is 0.421. The largest absolute Gasteiger partial charge is 0.352 e. The molecule has 1 N–H and O–H groups in total. The first-order valence-corrected chi connectivity index (χ1v) is 9.61. The van der Waals surface area contributed by atoms with Gasteiger partial charge >= 0.3 is 0 Å². The SMILES string of the molecule is CC(C=CC1C(F)C1c1ccc(Br)c(Br)c1)=CC(=O)NCC(C)C. The van der Waals surface area contributed by atoms with E-state index in [9.17, 15) is 9.18 Å². The predicted octanol–water partition coefficient (Wildman–Crippen LogP) is 5.54. The molecule has 0 bridgehead atoms. The number of rotatable bonds is 6. The Morgan fingerprint density at radius 3 is 2.67 bits per heavy atom. The van der Waals surface area contributed by atoms with Gasteiger partial charge in [0.25, 0.3) is 0 Å². The Labute approximate surface area is 159 Å². The van der Waals surface area contributed by atoms with Crippen molar-refractivity contribution in [3.05, 3.63) is 56.5 Å². The Kier molecular flexibility index (Phi) is 6.81. The number of benzene rings is 1. The molecule has 3 atom stereocenters. The van der Waals surface area contributed by atoms with Gasteiger partial charge < -0.3 is 5.32 Å². The zero-order chi connectivity index (χ0) is 17.9. The summed E-state index contributed by atoms with van der Waals surface area (Å²) in [5, 5.41) is 2.84. The van der Waals surface area contributed by atoms with Crippen molar-refractivity contribution >= 4 is 37.8 Å². The van der Waals surface area contributed by atoms with Crippen molar-refractivity contribution in [1.29, 1.82) is 0 Å². The molecule has 0 saturated heterocycles. The highest BCUT2D eigenvalue weighted by atomic mass is 79.9. The number of hydrogen-bond acceptors (Lipinski definition) is 1. The minimum absolute atomic E-state index is 0.104. The first-order chi connectivity index (χ1) is 11.3. The zero-order valence-corrected chi connectivity index (χ0v) is 17.2. The molecule has 3 unspecified atom stereocenters. The minimum Gasteiger partial charge on any atom is -0.352 e. The fourth-order valence-electron chi connectivity index (χ4n) is 2.52. The average molecular weight is 459 g/mol. The second-order valence-corrected chi connectivity index (χ2v) is 8.32. The predicted molar refractivity (Wildman–Crippen MR) is 104 cm³/mol. The zero-order valence-electron chi connectivity index (χ0n) is 14.0. The molecule has 0 aromatic heterocycles. The van der Waals surface area contributed by atoms with Crippen LogP contribution >= 0.6 is 31.9 Å². The van der Waals surface area contributed by atoms with Crippen LogP contribution in [0.2, 0.25) is 0 Å². The Balaban J connectivity index is 1.94. The standard InChI is InChI=1S/C19H22Br2FNO/c1-11(2)10-23-17(24)8-12(3)4-6-14-18(19(14)22)13-5-7-15(20)16(21)9-13/h4-9,11,14,18-19H,10H2,1-3H3,(H,23,24). The van der Waals surface area contributed by atoms with Crippen molar-refractivity contribution in [2.24, 2.45) is 11.8 Å². The maximum Gasteiger partial charge on any atom is 0.244 e. The maximum absolute atomic E-state index is 14.1. The Bertz CT molecular complexity index is 669. The molecule has 1 fully saturated rings. The lowest BCUT2D eigenvalue weighted by atomic mass is 10.1. The van der Waals surface area contributed by atoms with E-state index in [0.29, 0.717) is 12.5 Å². The molecule has 0 spiro atoms. The maximum atomic E-state index is 14.1. The normalized spacial score (nSPS) is 23.8. The number of hydrogen-bond donors (Lipinski definition) is 1. The Hall–Kier alpha value is -0.940. The van der Waals surface area contributed by atoms with E-state index in [2.05, 4.69) is 37.2 Å². The second-order valence-electron chi connectivity index (χ2n) is 6.61. The van der Waals surface area contributed by atoms with Crippen LogP contribution in [0.15, 0.2) is 50.9 Å². The lowest BCUT2D eigenvalue weighted by molar-refractivity contribution is -0.116. The van der Waals surface area contributed by atoms with Gasteiger partial charge in [0.15, 0.2) is 0 Å². The number of nitrogens with one attached hydrogen (secondary N) is 1. The first kappa shape index (κ1) is 19.4. The topological polar surface area (TPSA) is 29.1 Å². The molecule has 1 aliphatic rings. The summed E-state index contributed by atoms with van der Waals surface area (Å²) in [5.41, 5.74) is 1.81. The van der Waals surface area contributed by atoms with Crippen LogP contribution in [0.4, 0.5) is 4.39 Å². The van der Waals surface area contributed by atoms with Crippen molar-refractivity contribution in [3.63, 3.8) is 0 Å². The van der Waals surface area contributed by atoms with E-state index in [-0.39, 0.29) is 17.7 Å². The van der Waals surface area contributed by atoms with E-state index in [4.69, 9.17) is 0 Å². The summed E-state index contributed by atoms with van der Waals surface area (Å²) in [4.78, 5) is 11.7. The Morgan fingerprint density at radius 1 is 1.33 bits per heavy atom. The summed E-state index contributed by atoms with van der Waals surface area (Å²) in [7, 11) is 0. The van der Waals surface area contributed by atoms with Gasteiger partial charge in [0.2, 0.25) is 5.91 Å². The van der Waals surface area contributed by atoms with Gasteiger partial charge in [0.05, 0.1) is 0 Å². The molecule has 24 heavy (non-hydrogen) atoms. The Morgan fingerprint density at radius 2 is 2.04 bits per heavy atom. The molecule has 2 nitrogen and oxygen atoms in total. The van der Waals surface area contributed by atoms with E-state index in [1.54, 1.807) is 6.08 Å². The van der Waals surface area contributed by atoms with Gasteiger partial charge in [-0.3, -0.25) is 4.79 Å². The van der Waals surface area contributed by atoms with E-state index in [1.807, 2.05) is 51.1 Å². The van der Waals surface area contributed by atoms with Crippen LogP contribution in [0.25, 0.3) is 0 Å². The molecule has 130 valence electrons. The van der Waals surface area contributed by atoms with Crippen molar-refractivity contribution in [1.82, 2.24) is 5.32 Å². The number of allylic oxidation sites excluding steroid dienone is 3. The number of amides is 1. The highest BCUT2D eigenvalue weighted by molar-refractivity contribution is 9.13. The van der Waals surface area contributed by atoms with Gasteiger partial charge in [-0.15, -0.1) is 0 Å². The van der Waals surface area contributed by atoms with E-state index in [0.717, 1.165) is 20.1 Å². The number of alkyl halides is 1. The van der Waals surface area contributed by atoms with Crippen molar-refractivity contribution < 1.29 is 9.18 Å². The van der Waals surface area contributed by atoms with Gasteiger partial charge in [-0.1, -0.05) is 32.1 Å². The van der Waals surface area contributed by atoms with Crippen LogP contribution < -0.4 is 5.32 Å². The third-order valence-corrected chi connectivity index (χ3v) is 5.82. The third-order valence-electron chi connectivity index (χ3n) is 3.94. The van der Waals surface area contributed by atoms with E-state index < -0.39 is 6.17 Å². The van der Waals surface area contributed by atoms with Crippen LogP contribution in [0, 0.1) is 11.8 Å². The molecular formula is C19H22Br2FNO. The summed E-state index contributed by atoms with van der Waals surface area (Å²) >= 11 is 6.88. The van der Waals surface area contributed by atoms with E-state index in [1.165, 1.54) is 0 Å². The monoisotopic (exact) mass is 457 g/mol. The lowest BCUT2D eigenvalue weighted by Crippen LogP contribution is -2.25. The van der Waals surface area contributed by atoms with Crippen LogP contribution in [0.5, 0.6) is 0 Å². The molecule has 1 saturated carbocycles. The average Bonchev–Trinajstić information content (AvgIpc) is 3.16. The molecule has 1 amide bonds. The smallest absolute Gasteiger partial charge is 0.244 e. The molecule has 1 aromatic carbocycles. The van der Waals surface area contributed by atoms with Crippen LogP contribution in [-0.2, 0) is 4.79 Å². The molecule has 2 rings (SSSR count). The van der Waals surface area contributed by atoms with Crippen molar-refractivity contribution in [2.75, 3.05) is 6.54 Å². The van der Waals surface area contributed by atoms with Gasteiger partial charge in [0, 0.05) is 33.4 Å². The molecule has 0 heterocycles. The van der Waals surface area contributed by atoms with Gasteiger partial charge in [-0.2, -0.15) is 0 Å². The first-order valence-electron chi connectivity index (χ1n) is 8.03. The fourth-order valence-corrected chi connectivity index (χ4v) is 3.16.